The van der Waals surface area contributed by atoms with Gasteiger partial charge in [-0.25, -0.2) is 4.98 Å². The lowest BCUT2D eigenvalue weighted by molar-refractivity contribution is 0.0697. The fourth-order valence-electron chi connectivity index (χ4n) is 1.89. The van der Waals surface area contributed by atoms with Gasteiger partial charge in [-0.2, -0.15) is 0 Å². The van der Waals surface area contributed by atoms with Crippen LogP contribution in [0.25, 0.3) is 0 Å². The van der Waals surface area contributed by atoms with E-state index < -0.39 is 0 Å². The fraction of sp³-hybridized carbons (Fsp3) is 0.727. The van der Waals surface area contributed by atoms with E-state index in [9.17, 15) is 4.79 Å². The van der Waals surface area contributed by atoms with Gasteiger partial charge in [-0.15, -0.1) is 5.10 Å². The number of H-pyrrole nitrogens is 1. The molecule has 6 heteroatoms. The molecule has 1 unspecified atom stereocenters. The second-order valence-electron chi connectivity index (χ2n) is 4.81. The van der Waals surface area contributed by atoms with Gasteiger partial charge in [-0.1, -0.05) is 13.8 Å². The van der Waals surface area contributed by atoms with E-state index in [0.29, 0.717) is 19.1 Å². The first-order valence-electron chi connectivity index (χ1n) is 6.03. The molecule has 2 N–H and O–H groups in total. The van der Waals surface area contributed by atoms with E-state index in [0.717, 1.165) is 12.4 Å². The number of hydrogen-bond acceptors (Lipinski definition) is 4. The predicted octanol–water partition coefficient (Wildman–Crippen LogP) is 0.362. The lowest BCUT2D eigenvalue weighted by atomic mass is 10.2. The van der Waals surface area contributed by atoms with Gasteiger partial charge in [0.1, 0.15) is 5.82 Å². The molecule has 6 nitrogen and oxygen atoms in total. The highest BCUT2D eigenvalue weighted by Crippen LogP contribution is 2.10. The van der Waals surface area contributed by atoms with Crippen molar-refractivity contribution >= 4 is 5.91 Å². The third-order valence-electron chi connectivity index (χ3n) is 2.90. The minimum Gasteiger partial charge on any atom is -0.333 e. The van der Waals surface area contributed by atoms with Crippen molar-refractivity contribution in [1.82, 2.24) is 25.4 Å². The van der Waals surface area contributed by atoms with Gasteiger partial charge in [0.2, 0.25) is 5.82 Å². The maximum atomic E-state index is 12.1. The van der Waals surface area contributed by atoms with Crippen LogP contribution >= 0.6 is 0 Å². The molecule has 94 valence electrons. The van der Waals surface area contributed by atoms with Crippen molar-refractivity contribution < 1.29 is 4.79 Å². The van der Waals surface area contributed by atoms with Crippen molar-refractivity contribution in [3.63, 3.8) is 0 Å². The Morgan fingerprint density at radius 3 is 2.88 bits per heavy atom. The van der Waals surface area contributed by atoms with Gasteiger partial charge in [-0.3, -0.25) is 9.89 Å². The molecule has 1 saturated heterocycles. The summed E-state index contributed by atoms with van der Waals surface area (Å²) in [4.78, 5) is 18.2. The lowest BCUT2D eigenvalue weighted by Crippen LogP contribution is -2.51. The number of nitrogens with one attached hydrogen (secondary N) is 2. The molecule has 0 spiro atoms. The van der Waals surface area contributed by atoms with Crippen LogP contribution in [0, 0.1) is 0 Å². The molecule has 0 radical (unpaired) electrons. The van der Waals surface area contributed by atoms with E-state index in [1.165, 1.54) is 0 Å². The Hall–Kier alpha value is -1.43. The quantitative estimate of drug-likeness (QED) is 0.779. The summed E-state index contributed by atoms with van der Waals surface area (Å²) in [7, 11) is 0. The Balaban J connectivity index is 2.07. The summed E-state index contributed by atoms with van der Waals surface area (Å²) in [5.74, 6) is 1.21. The Morgan fingerprint density at radius 1 is 1.53 bits per heavy atom. The van der Waals surface area contributed by atoms with Gasteiger partial charge in [-0.05, 0) is 6.92 Å². The molecule has 2 heterocycles. The maximum Gasteiger partial charge on any atom is 0.293 e. The Morgan fingerprint density at radius 2 is 2.29 bits per heavy atom. The van der Waals surface area contributed by atoms with Crippen LogP contribution in [0.4, 0.5) is 0 Å². The van der Waals surface area contributed by atoms with Gasteiger partial charge in [0.15, 0.2) is 0 Å². The summed E-state index contributed by atoms with van der Waals surface area (Å²) < 4.78 is 0. The largest absolute Gasteiger partial charge is 0.333 e. The number of piperazine rings is 1. The third-order valence-corrected chi connectivity index (χ3v) is 2.90. The number of hydrogen-bond donors (Lipinski definition) is 2. The van der Waals surface area contributed by atoms with Crippen LogP contribution in [0.3, 0.4) is 0 Å². The lowest BCUT2D eigenvalue weighted by Gasteiger charge is -2.30. The summed E-state index contributed by atoms with van der Waals surface area (Å²) in [5.41, 5.74) is 0. The molecule has 1 aliphatic heterocycles. The van der Waals surface area contributed by atoms with E-state index in [-0.39, 0.29) is 17.6 Å². The highest BCUT2D eigenvalue weighted by atomic mass is 16.2. The normalized spacial score (nSPS) is 20.9. The van der Waals surface area contributed by atoms with Crippen molar-refractivity contribution in [3.05, 3.63) is 11.6 Å². The molecule has 0 saturated carbocycles. The number of nitrogens with zero attached hydrogens (tertiary/aromatic N) is 3. The van der Waals surface area contributed by atoms with Crippen LogP contribution in [0.2, 0.25) is 0 Å². The molecule has 1 aromatic rings. The van der Waals surface area contributed by atoms with E-state index in [4.69, 9.17) is 0 Å². The number of aromatic nitrogens is 3. The number of carbonyl (C=O) groups excluding carboxylic acids is 1. The van der Waals surface area contributed by atoms with Crippen LogP contribution in [0.15, 0.2) is 0 Å². The van der Waals surface area contributed by atoms with E-state index >= 15 is 0 Å². The zero-order valence-corrected chi connectivity index (χ0v) is 10.5. The standard InChI is InChI=1S/C11H19N5O/c1-7(2)9-13-10(15-14-9)11(17)16-5-4-12-8(3)6-16/h7-8,12H,4-6H2,1-3H3,(H,13,14,15). The molecule has 1 aromatic heterocycles. The molecule has 1 aliphatic rings. The van der Waals surface area contributed by atoms with Crippen molar-refractivity contribution in [1.29, 1.82) is 0 Å². The highest BCUT2D eigenvalue weighted by Gasteiger charge is 2.24. The SMILES string of the molecule is CC1CN(C(=O)c2n[nH]c(C(C)C)n2)CCN1. The van der Waals surface area contributed by atoms with Crippen LogP contribution in [0.1, 0.15) is 43.1 Å². The number of rotatable bonds is 2. The molecule has 17 heavy (non-hydrogen) atoms. The molecule has 0 bridgehead atoms. The van der Waals surface area contributed by atoms with Crippen molar-refractivity contribution in [2.45, 2.75) is 32.7 Å². The van der Waals surface area contributed by atoms with Gasteiger partial charge < -0.3 is 10.2 Å². The Kier molecular flexibility index (Phi) is 3.42. The van der Waals surface area contributed by atoms with Gasteiger partial charge in [0.05, 0.1) is 0 Å². The van der Waals surface area contributed by atoms with Gasteiger partial charge in [0.25, 0.3) is 5.91 Å². The average Bonchev–Trinajstić information content (AvgIpc) is 2.77. The predicted molar refractivity (Wildman–Crippen MR) is 63.8 cm³/mol. The average molecular weight is 237 g/mol. The summed E-state index contributed by atoms with van der Waals surface area (Å²) in [6, 6.07) is 0.330. The second kappa shape index (κ2) is 4.83. The van der Waals surface area contributed by atoms with Gasteiger partial charge in [0, 0.05) is 31.6 Å². The zero-order valence-electron chi connectivity index (χ0n) is 10.5. The van der Waals surface area contributed by atoms with Crippen molar-refractivity contribution in [3.8, 4) is 0 Å². The van der Waals surface area contributed by atoms with Crippen LogP contribution in [0.5, 0.6) is 0 Å². The minimum absolute atomic E-state index is 0.0819. The molecule has 0 aliphatic carbocycles. The van der Waals surface area contributed by atoms with Crippen LogP contribution in [-0.2, 0) is 0 Å². The van der Waals surface area contributed by atoms with Gasteiger partial charge >= 0.3 is 0 Å². The molecule has 0 aromatic carbocycles. The second-order valence-corrected chi connectivity index (χ2v) is 4.81. The molecule has 1 amide bonds. The van der Waals surface area contributed by atoms with E-state index in [2.05, 4.69) is 27.4 Å². The Labute approximate surface area is 101 Å². The van der Waals surface area contributed by atoms with Crippen LogP contribution in [-0.4, -0.2) is 51.7 Å². The fourth-order valence-corrected chi connectivity index (χ4v) is 1.89. The monoisotopic (exact) mass is 237 g/mol. The van der Waals surface area contributed by atoms with Crippen LogP contribution < -0.4 is 5.32 Å². The molecule has 1 fully saturated rings. The molecular formula is C11H19N5O. The van der Waals surface area contributed by atoms with Crippen molar-refractivity contribution in [2.75, 3.05) is 19.6 Å². The van der Waals surface area contributed by atoms with E-state index in [1.807, 2.05) is 13.8 Å². The maximum absolute atomic E-state index is 12.1. The topological polar surface area (TPSA) is 73.9 Å². The summed E-state index contributed by atoms with van der Waals surface area (Å²) in [5, 5.41) is 10.1. The summed E-state index contributed by atoms with van der Waals surface area (Å²) >= 11 is 0. The summed E-state index contributed by atoms with van der Waals surface area (Å²) in [6.45, 7) is 8.35. The van der Waals surface area contributed by atoms with E-state index in [1.54, 1.807) is 4.90 Å². The molecule has 1 atom stereocenters. The smallest absolute Gasteiger partial charge is 0.293 e. The number of aromatic amines is 1. The molecule has 2 rings (SSSR count). The highest BCUT2D eigenvalue weighted by molar-refractivity contribution is 5.90. The number of amides is 1. The first-order valence-corrected chi connectivity index (χ1v) is 6.03. The zero-order chi connectivity index (χ0) is 12.4. The third kappa shape index (κ3) is 2.63. The minimum atomic E-state index is -0.0819. The first-order chi connectivity index (χ1) is 8.08. The van der Waals surface area contributed by atoms with Crippen molar-refractivity contribution in [2.24, 2.45) is 0 Å². The number of carbonyl (C=O) groups is 1. The first kappa shape index (κ1) is 12.0. The summed E-state index contributed by atoms with van der Waals surface area (Å²) in [6.07, 6.45) is 0. The Bertz CT molecular complexity index is 400. The molecular weight excluding hydrogens is 218 g/mol.